The molecule has 0 aliphatic heterocycles. The van der Waals surface area contributed by atoms with Crippen molar-refractivity contribution in [2.24, 2.45) is 0 Å². The van der Waals surface area contributed by atoms with Gasteiger partial charge < -0.3 is 19.3 Å². The summed E-state index contributed by atoms with van der Waals surface area (Å²) >= 11 is 0. The number of carbonyl (C=O) groups is 4. The topological polar surface area (TPSA) is 119 Å². The second-order valence-corrected chi connectivity index (χ2v) is 6.83. The number of aliphatic hydroxyl groups is 1. The number of nitrogens with zero attached hydrogens (tertiary/aromatic N) is 1. The molecule has 0 saturated heterocycles. The van der Waals surface area contributed by atoms with E-state index >= 15 is 0 Å². The number of esters is 4. The third-order valence-electron chi connectivity index (χ3n) is 4.68. The van der Waals surface area contributed by atoms with Gasteiger partial charge in [0.2, 0.25) is 0 Å². The molecule has 1 N–H and O–H groups in total. The SMILES string of the molecule is CCOC(=O)C(O)(CC(=O)Oc1cccc(CC)c1)C(C(=O)OC(C)=O)N(CC)CC. The molecule has 0 radical (unpaired) electrons. The summed E-state index contributed by atoms with van der Waals surface area (Å²) in [7, 11) is 0. The van der Waals surface area contributed by atoms with Crippen LogP contribution in [0.2, 0.25) is 0 Å². The molecule has 2 atom stereocenters. The average molecular weight is 437 g/mol. The zero-order valence-corrected chi connectivity index (χ0v) is 18.7. The Morgan fingerprint density at radius 2 is 1.74 bits per heavy atom. The highest BCUT2D eigenvalue weighted by Crippen LogP contribution is 2.26. The van der Waals surface area contributed by atoms with Gasteiger partial charge in [-0.15, -0.1) is 0 Å². The lowest BCUT2D eigenvalue weighted by molar-refractivity contribution is -0.188. The minimum atomic E-state index is -2.63. The fourth-order valence-corrected chi connectivity index (χ4v) is 3.19. The smallest absolute Gasteiger partial charge is 0.341 e. The molecular formula is C22H31NO8. The van der Waals surface area contributed by atoms with Gasteiger partial charge in [-0.25, -0.2) is 9.59 Å². The Kier molecular flexibility index (Phi) is 10.3. The van der Waals surface area contributed by atoms with Crippen LogP contribution in [0.15, 0.2) is 24.3 Å². The predicted molar refractivity (Wildman–Crippen MR) is 111 cm³/mol. The van der Waals surface area contributed by atoms with E-state index in [0.29, 0.717) is 0 Å². The lowest BCUT2D eigenvalue weighted by Crippen LogP contribution is -2.63. The average Bonchev–Trinajstić information content (AvgIpc) is 2.71. The van der Waals surface area contributed by atoms with Gasteiger partial charge in [0.1, 0.15) is 11.8 Å². The van der Waals surface area contributed by atoms with Crippen molar-refractivity contribution >= 4 is 23.9 Å². The van der Waals surface area contributed by atoms with Crippen molar-refractivity contribution < 1.29 is 38.5 Å². The summed E-state index contributed by atoms with van der Waals surface area (Å²) in [5.41, 5.74) is -1.70. The Morgan fingerprint density at radius 1 is 1.10 bits per heavy atom. The van der Waals surface area contributed by atoms with Gasteiger partial charge in [0.15, 0.2) is 5.60 Å². The van der Waals surface area contributed by atoms with Crippen LogP contribution in [-0.4, -0.2) is 65.2 Å². The molecule has 0 spiro atoms. The van der Waals surface area contributed by atoms with E-state index in [1.807, 2.05) is 13.0 Å². The highest BCUT2D eigenvalue weighted by atomic mass is 16.6. The van der Waals surface area contributed by atoms with Gasteiger partial charge in [-0.05, 0) is 44.1 Å². The second-order valence-electron chi connectivity index (χ2n) is 6.83. The first-order chi connectivity index (χ1) is 14.6. The summed E-state index contributed by atoms with van der Waals surface area (Å²) in [4.78, 5) is 50.8. The summed E-state index contributed by atoms with van der Waals surface area (Å²) in [6.45, 7) is 8.22. The van der Waals surface area contributed by atoms with Crippen molar-refractivity contribution in [1.82, 2.24) is 4.90 Å². The van der Waals surface area contributed by atoms with Crippen LogP contribution in [0.3, 0.4) is 0 Å². The fraction of sp³-hybridized carbons (Fsp3) is 0.545. The Morgan fingerprint density at radius 3 is 2.26 bits per heavy atom. The van der Waals surface area contributed by atoms with Crippen LogP contribution in [0.1, 0.15) is 46.6 Å². The molecule has 1 rings (SSSR count). The van der Waals surface area contributed by atoms with E-state index in [-0.39, 0.29) is 25.4 Å². The highest BCUT2D eigenvalue weighted by Gasteiger charge is 2.54. The minimum Gasteiger partial charge on any atom is -0.464 e. The first-order valence-corrected chi connectivity index (χ1v) is 10.3. The van der Waals surface area contributed by atoms with Gasteiger partial charge in [-0.2, -0.15) is 0 Å². The van der Waals surface area contributed by atoms with Crippen molar-refractivity contribution in [2.75, 3.05) is 19.7 Å². The van der Waals surface area contributed by atoms with Gasteiger partial charge >= 0.3 is 23.9 Å². The number of rotatable bonds is 11. The standard InChI is InChI=1S/C22H31NO8/c1-6-16-11-10-12-17(13-16)31-18(25)14-22(28,21(27)29-9-4)19(23(7-2)8-3)20(26)30-15(5)24/h10-13,19,28H,6-9,14H2,1-5H3. The molecule has 0 bridgehead atoms. The number of hydrogen-bond acceptors (Lipinski definition) is 9. The predicted octanol–water partition coefficient (Wildman–Crippen LogP) is 1.64. The summed E-state index contributed by atoms with van der Waals surface area (Å²) in [6.07, 6.45) is -0.157. The highest BCUT2D eigenvalue weighted by molar-refractivity contribution is 5.96. The molecule has 0 heterocycles. The van der Waals surface area contributed by atoms with Crippen LogP contribution in [0.25, 0.3) is 0 Å². The zero-order chi connectivity index (χ0) is 23.6. The number of hydrogen-bond donors (Lipinski definition) is 1. The molecule has 9 nitrogen and oxygen atoms in total. The third kappa shape index (κ3) is 7.15. The van der Waals surface area contributed by atoms with Crippen LogP contribution >= 0.6 is 0 Å². The van der Waals surface area contributed by atoms with Crippen molar-refractivity contribution in [3.63, 3.8) is 0 Å². The first kappa shape index (κ1) is 26.3. The molecule has 1 aromatic rings. The monoisotopic (exact) mass is 437 g/mol. The maximum atomic E-state index is 12.7. The van der Waals surface area contributed by atoms with Crippen LogP contribution in [0.4, 0.5) is 0 Å². The Bertz CT molecular complexity index is 789. The third-order valence-corrected chi connectivity index (χ3v) is 4.68. The van der Waals surface area contributed by atoms with E-state index in [9.17, 15) is 24.3 Å². The lowest BCUT2D eigenvalue weighted by atomic mass is 9.88. The molecule has 31 heavy (non-hydrogen) atoms. The van der Waals surface area contributed by atoms with Crippen molar-refractivity contribution in [3.8, 4) is 5.75 Å². The molecule has 0 amide bonds. The van der Waals surface area contributed by atoms with Gasteiger partial charge in [-0.3, -0.25) is 14.5 Å². The maximum Gasteiger partial charge on any atom is 0.341 e. The Labute approximate surface area is 182 Å². The van der Waals surface area contributed by atoms with Gasteiger partial charge in [0.25, 0.3) is 0 Å². The number of carbonyl (C=O) groups excluding carboxylic acids is 4. The van der Waals surface area contributed by atoms with E-state index in [2.05, 4.69) is 4.74 Å². The molecule has 172 valence electrons. The number of aryl methyl sites for hydroxylation is 1. The summed E-state index contributed by atoms with van der Waals surface area (Å²) in [5.74, 6) is -3.97. The van der Waals surface area contributed by atoms with Crippen molar-refractivity contribution in [1.29, 1.82) is 0 Å². The van der Waals surface area contributed by atoms with E-state index in [4.69, 9.17) is 9.47 Å². The maximum absolute atomic E-state index is 12.7. The number of benzene rings is 1. The van der Waals surface area contributed by atoms with Gasteiger partial charge in [0.05, 0.1) is 13.0 Å². The van der Waals surface area contributed by atoms with Crippen LogP contribution < -0.4 is 4.74 Å². The van der Waals surface area contributed by atoms with Gasteiger partial charge in [0, 0.05) is 6.92 Å². The van der Waals surface area contributed by atoms with Crippen LogP contribution in [0, 0.1) is 0 Å². The van der Waals surface area contributed by atoms with Crippen LogP contribution in [0.5, 0.6) is 5.75 Å². The largest absolute Gasteiger partial charge is 0.464 e. The quantitative estimate of drug-likeness (QED) is 0.313. The summed E-state index contributed by atoms with van der Waals surface area (Å²) in [5, 5.41) is 11.3. The molecule has 0 aliphatic carbocycles. The molecule has 0 fully saturated rings. The van der Waals surface area contributed by atoms with E-state index in [1.165, 1.54) is 11.8 Å². The van der Waals surface area contributed by atoms with Crippen molar-refractivity contribution in [3.05, 3.63) is 29.8 Å². The molecule has 2 unspecified atom stereocenters. The molecule has 0 saturated carbocycles. The molecular weight excluding hydrogens is 406 g/mol. The minimum absolute atomic E-state index is 0.0958. The second kappa shape index (κ2) is 12.2. The van der Waals surface area contributed by atoms with E-state index in [1.54, 1.807) is 32.0 Å². The molecule has 1 aromatic carbocycles. The Balaban J connectivity index is 3.32. The van der Waals surface area contributed by atoms with Crippen molar-refractivity contribution in [2.45, 2.75) is 59.1 Å². The summed E-state index contributed by atoms with van der Waals surface area (Å²) < 4.78 is 14.9. The number of likely N-dealkylation sites (N-methyl/N-ethyl adjacent to an activating group) is 1. The molecule has 0 aromatic heterocycles. The number of ether oxygens (including phenoxy) is 3. The zero-order valence-electron chi connectivity index (χ0n) is 18.7. The Hall–Kier alpha value is -2.78. The lowest BCUT2D eigenvalue weighted by Gasteiger charge is -2.37. The van der Waals surface area contributed by atoms with Gasteiger partial charge in [-0.1, -0.05) is 32.9 Å². The molecule has 9 heteroatoms. The van der Waals surface area contributed by atoms with E-state index < -0.39 is 41.9 Å². The fourth-order valence-electron chi connectivity index (χ4n) is 3.19. The molecule has 0 aliphatic rings. The van der Waals surface area contributed by atoms with Crippen LogP contribution in [-0.2, 0) is 35.1 Å². The van der Waals surface area contributed by atoms with E-state index in [0.717, 1.165) is 18.9 Å². The summed E-state index contributed by atoms with van der Waals surface area (Å²) in [6, 6.07) is 5.14. The normalized spacial score (nSPS) is 13.8. The first-order valence-electron chi connectivity index (χ1n) is 10.3.